The van der Waals surface area contributed by atoms with Crippen molar-refractivity contribution < 1.29 is 9.11 Å². The standard InChI is InChI=1S/C25H31N9O2S/c26-18-7-9-34(10-8-18)21-6-1-17(15-27-21)22-23-24(29-16-28-23)32-25(31-22)30-19-2-4-20(5-3-19)33-11-13-37(35,36)14-12-33/h1-6,15-16,18,35-36H,7-14,26H2,(H2,28,29,30,31,32). The molecule has 12 heteroatoms. The van der Waals surface area contributed by atoms with Crippen molar-refractivity contribution >= 4 is 44.9 Å². The van der Waals surface area contributed by atoms with E-state index in [-0.39, 0.29) is 6.04 Å². The predicted octanol–water partition coefficient (Wildman–Crippen LogP) is 3.66. The lowest BCUT2D eigenvalue weighted by atomic mass is 10.1. The number of aromatic amines is 1. The molecule has 194 valence electrons. The van der Waals surface area contributed by atoms with Crippen LogP contribution in [0.5, 0.6) is 0 Å². The van der Waals surface area contributed by atoms with E-state index in [1.807, 2.05) is 42.6 Å². The zero-order valence-electron chi connectivity index (χ0n) is 20.4. The number of pyridine rings is 1. The van der Waals surface area contributed by atoms with Gasteiger partial charge in [0.1, 0.15) is 17.0 Å². The first kappa shape index (κ1) is 23.9. The number of nitrogens with two attached hydrogens (primary N) is 1. The number of nitrogens with one attached hydrogen (secondary N) is 2. The van der Waals surface area contributed by atoms with Crippen molar-refractivity contribution in [2.24, 2.45) is 5.73 Å². The zero-order valence-corrected chi connectivity index (χ0v) is 21.2. The van der Waals surface area contributed by atoms with Crippen molar-refractivity contribution in [2.75, 3.05) is 52.8 Å². The third kappa shape index (κ3) is 5.18. The number of H-pyrrole nitrogens is 1. The first-order valence-corrected chi connectivity index (χ1v) is 14.4. The van der Waals surface area contributed by atoms with E-state index in [4.69, 9.17) is 15.7 Å². The Bertz CT molecular complexity index is 1360. The Balaban J connectivity index is 1.21. The summed E-state index contributed by atoms with van der Waals surface area (Å²) in [6, 6.07) is 12.3. The summed E-state index contributed by atoms with van der Waals surface area (Å²) in [5.74, 6) is 2.22. The second-order valence-corrected chi connectivity index (χ2v) is 12.0. The fourth-order valence-electron chi connectivity index (χ4n) is 4.81. The van der Waals surface area contributed by atoms with Gasteiger partial charge in [-0.2, -0.15) is 15.6 Å². The molecule has 2 aliphatic rings. The van der Waals surface area contributed by atoms with Crippen molar-refractivity contribution in [3.8, 4) is 11.3 Å². The monoisotopic (exact) mass is 521 g/mol. The van der Waals surface area contributed by atoms with Crippen LogP contribution in [-0.2, 0) is 0 Å². The largest absolute Gasteiger partial charge is 0.368 e. The molecule has 4 aromatic rings. The van der Waals surface area contributed by atoms with Crippen molar-refractivity contribution in [1.29, 1.82) is 0 Å². The summed E-state index contributed by atoms with van der Waals surface area (Å²) in [4.78, 5) is 26.0. The van der Waals surface area contributed by atoms with Crippen LogP contribution >= 0.6 is 10.6 Å². The Labute approximate surface area is 216 Å². The molecule has 3 aromatic heterocycles. The molecule has 0 atom stereocenters. The lowest BCUT2D eigenvalue weighted by Gasteiger charge is -2.41. The van der Waals surface area contributed by atoms with Crippen LogP contribution in [0.1, 0.15) is 12.8 Å². The maximum Gasteiger partial charge on any atom is 0.229 e. The second-order valence-electron chi connectivity index (χ2n) is 9.60. The van der Waals surface area contributed by atoms with Gasteiger partial charge >= 0.3 is 0 Å². The van der Waals surface area contributed by atoms with Crippen LogP contribution in [-0.4, -0.2) is 77.8 Å². The van der Waals surface area contributed by atoms with Crippen molar-refractivity contribution in [2.45, 2.75) is 18.9 Å². The molecule has 0 bridgehead atoms. The smallest absolute Gasteiger partial charge is 0.229 e. The Morgan fingerprint density at radius 3 is 2.38 bits per heavy atom. The average Bonchev–Trinajstić information content (AvgIpc) is 3.38. The minimum atomic E-state index is -2.41. The Morgan fingerprint density at radius 2 is 1.68 bits per heavy atom. The fraction of sp³-hybridized carbons (Fsp3) is 0.360. The highest BCUT2D eigenvalue weighted by molar-refractivity contribution is 8.24. The van der Waals surface area contributed by atoms with Gasteiger partial charge in [0, 0.05) is 55.4 Å². The number of imidazole rings is 1. The van der Waals surface area contributed by atoms with E-state index in [1.165, 1.54) is 0 Å². The molecule has 1 aromatic carbocycles. The van der Waals surface area contributed by atoms with Crippen molar-refractivity contribution in [3.63, 3.8) is 0 Å². The highest BCUT2D eigenvalue weighted by Gasteiger charge is 2.22. The number of benzene rings is 1. The molecule has 11 nitrogen and oxygen atoms in total. The van der Waals surface area contributed by atoms with Crippen LogP contribution in [0.25, 0.3) is 22.4 Å². The Morgan fingerprint density at radius 1 is 0.919 bits per heavy atom. The van der Waals surface area contributed by atoms with Crippen LogP contribution < -0.4 is 20.9 Å². The molecular weight excluding hydrogens is 490 g/mol. The van der Waals surface area contributed by atoms with Gasteiger partial charge in [-0.1, -0.05) is 0 Å². The number of piperidine rings is 1. The first-order valence-electron chi connectivity index (χ1n) is 12.5. The molecule has 0 unspecified atom stereocenters. The number of fused-ring (bicyclic) bond motifs is 1. The molecule has 37 heavy (non-hydrogen) atoms. The number of nitrogens with zero attached hydrogens (tertiary/aromatic N) is 6. The minimum absolute atomic E-state index is 0.279. The van der Waals surface area contributed by atoms with Gasteiger partial charge in [-0.05, 0) is 49.2 Å². The topological polar surface area (TPSA) is 152 Å². The van der Waals surface area contributed by atoms with Gasteiger partial charge in [0.15, 0.2) is 5.65 Å². The molecule has 6 rings (SSSR count). The number of aromatic nitrogens is 5. The summed E-state index contributed by atoms with van der Waals surface area (Å²) in [7, 11) is -2.41. The maximum absolute atomic E-state index is 9.86. The number of rotatable bonds is 5. The van der Waals surface area contributed by atoms with Gasteiger partial charge in [-0.3, -0.25) is 9.11 Å². The lowest BCUT2D eigenvalue weighted by Crippen LogP contribution is -2.40. The van der Waals surface area contributed by atoms with E-state index >= 15 is 0 Å². The van der Waals surface area contributed by atoms with Gasteiger partial charge in [0.2, 0.25) is 5.95 Å². The van der Waals surface area contributed by atoms with Crippen LogP contribution in [0.15, 0.2) is 48.9 Å². The molecule has 0 aliphatic carbocycles. The molecule has 0 radical (unpaired) electrons. The molecule has 2 saturated heterocycles. The first-order chi connectivity index (χ1) is 17.9. The Kier molecular flexibility index (Phi) is 6.32. The normalized spacial score (nSPS) is 19.2. The van der Waals surface area contributed by atoms with Crippen LogP contribution in [0.3, 0.4) is 0 Å². The summed E-state index contributed by atoms with van der Waals surface area (Å²) < 4.78 is 19.7. The molecule has 0 amide bonds. The third-order valence-corrected chi connectivity index (χ3v) is 8.71. The fourth-order valence-corrected chi connectivity index (χ4v) is 6.04. The average molecular weight is 522 g/mol. The van der Waals surface area contributed by atoms with Crippen molar-refractivity contribution in [3.05, 3.63) is 48.9 Å². The number of anilines is 4. The van der Waals surface area contributed by atoms with E-state index in [0.717, 1.165) is 59.9 Å². The number of hydrogen-bond acceptors (Lipinski definition) is 10. The summed E-state index contributed by atoms with van der Waals surface area (Å²) in [5.41, 5.74) is 10.9. The van der Waals surface area contributed by atoms with E-state index in [1.54, 1.807) is 6.33 Å². The molecule has 2 fully saturated rings. The molecule has 5 heterocycles. The minimum Gasteiger partial charge on any atom is -0.368 e. The van der Waals surface area contributed by atoms with Gasteiger partial charge in [-0.15, -0.1) is 0 Å². The highest BCUT2D eigenvalue weighted by atomic mass is 32.3. The van der Waals surface area contributed by atoms with E-state index in [0.29, 0.717) is 36.2 Å². The zero-order chi connectivity index (χ0) is 25.4. The van der Waals surface area contributed by atoms with E-state index in [2.05, 4.69) is 30.1 Å². The second kappa shape index (κ2) is 9.78. The van der Waals surface area contributed by atoms with Crippen molar-refractivity contribution in [1.82, 2.24) is 24.9 Å². The summed E-state index contributed by atoms with van der Waals surface area (Å²) in [6.45, 7) is 3.10. The summed E-state index contributed by atoms with van der Waals surface area (Å²) in [5, 5.41) is 3.30. The highest BCUT2D eigenvalue weighted by Crippen LogP contribution is 2.41. The SMILES string of the molecule is NC1CCN(c2ccc(-c3nc(Nc4ccc(N5CCS(O)(O)CC5)cc4)nc4nc[nH]c34)cn2)CC1. The van der Waals surface area contributed by atoms with Gasteiger partial charge in [0.25, 0.3) is 0 Å². The van der Waals surface area contributed by atoms with Crippen LogP contribution in [0.2, 0.25) is 0 Å². The van der Waals surface area contributed by atoms with Crippen LogP contribution in [0.4, 0.5) is 23.1 Å². The molecule has 2 aliphatic heterocycles. The van der Waals surface area contributed by atoms with Gasteiger partial charge in [0.05, 0.1) is 17.8 Å². The molecular formula is C25H31N9O2S. The number of hydrogen-bond donors (Lipinski definition) is 5. The summed E-state index contributed by atoms with van der Waals surface area (Å²) in [6.07, 6.45) is 5.42. The molecule has 0 saturated carbocycles. The molecule has 6 N–H and O–H groups in total. The van der Waals surface area contributed by atoms with E-state index < -0.39 is 10.6 Å². The quantitative estimate of drug-likeness (QED) is 0.263. The van der Waals surface area contributed by atoms with E-state index in [9.17, 15) is 9.11 Å². The third-order valence-electron chi connectivity index (χ3n) is 7.04. The van der Waals surface area contributed by atoms with Gasteiger partial charge in [-0.25, -0.2) is 15.0 Å². The van der Waals surface area contributed by atoms with Crippen LogP contribution in [0, 0.1) is 0 Å². The molecule has 0 spiro atoms. The lowest BCUT2D eigenvalue weighted by molar-refractivity contribution is 0.479. The maximum atomic E-state index is 9.86. The Hall–Kier alpha value is -3.45. The predicted molar refractivity (Wildman–Crippen MR) is 149 cm³/mol. The van der Waals surface area contributed by atoms with Gasteiger partial charge < -0.3 is 25.8 Å². The summed E-state index contributed by atoms with van der Waals surface area (Å²) >= 11 is 0.